The van der Waals surface area contributed by atoms with Gasteiger partial charge in [0.15, 0.2) is 5.82 Å². The second kappa shape index (κ2) is 10.4. The Morgan fingerprint density at radius 3 is 2.66 bits per heavy atom. The van der Waals surface area contributed by atoms with Crippen LogP contribution in [0.1, 0.15) is 50.4 Å². The summed E-state index contributed by atoms with van der Waals surface area (Å²) in [5.41, 5.74) is 5.58. The maximum atomic E-state index is 13.4. The summed E-state index contributed by atoms with van der Waals surface area (Å²) >= 11 is 0. The Bertz CT molecular complexity index is 1440. The number of nitrogen functional groups attached to an aromatic ring is 1. The van der Waals surface area contributed by atoms with E-state index in [9.17, 15) is 13.2 Å². The molecule has 0 aromatic carbocycles. The first-order valence-corrected chi connectivity index (χ1v) is 13.8. The molecule has 5 rings (SSSR count). The number of sulfonamides is 1. The summed E-state index contributed by atoms with van der Waals surface area (Å²) < 4.78 is 35.4. The van der Waals surface area contributed by atoms with Crippen molar-refractivity contribution in [1.29, 1.82) is 0 Å². The van der Waals surface area contributed by atoms with Crippen LogP contribution in [0.3, 0.4) is 0 Å². The highest BCUT2D eigenvalue weighted by Gasteiger charge is 2.39. The van der Waals surface area contributed by atoms with Crippen LogP contribution in [0.2, 0.25) is 0 Å². The number of amides is 1. The normalized spacial score (nSPS) is 18.6. The molecule has 2 fully saturated rings. The summed E-state index contributed by atoms with van der Waals surface area (Å²) in [6, 6.07) is 7.72. The Morgan fingerprint density at radius 1 is 1.24 bits per heavy atom. The number of rotatable bonds is 8. The zero-order valence-electron chi connectivity index (χ0n) is 21.6. The standard InChI is InChI=1S/C25H31N7O4S.H2S/c1-16-13-25(2,3)31(14-16)23-18(24(33)30-37(34,35)19-5-4-11-27-22(19)26)8-9-20(28-23)32-12-10-21(29-32)36-15-17-6-7-17;/h4-5,8-12,16-17H,6-7,13-15H2,1-3H3,(H2,26,27)(H,30,33);1H2/t16-;/m0./s1. The number of anilines is 2. The molecule has 1 amide bonds. The number of nitrogens with two attached hydrogens (primary N) is 1. The molecule has 3 aromatic heterocycles. The second-order valence-corrected chi connectivity index (χ2v) is 12.1. The lowest BCUT2D eigenvalue weighted by Crippen LogP contribution is -2.41. The summed E-state index contributed by atoms with van der Waals surface area (Å²) in [5.74, 6) is 1.35. The van der Waals surface area contributed by atoms with Gasteiger partial charge in [-0.15, -0.1) is 5.10 Å². The van der Waals surface area contributed by atoms with Crippen molar-refractivity contribution in [2.75, 3.05) is 23.8 Å². The molecule has 1 aliphatic heterocycles. The summed E-state index contributed by atoms with van der Waals surface area (Å²) in [6.07, 6.45) is 6.39. The van der Waals surface area contributed by atoms with Gasteiger partial charge in [0.05, 0.1) is 12.2 Å². The third kappa shape index (κ3) is 5.73. The van der Waals surface area contributed by atoms with E-state index >= 15 is 0 Å². The fraction of sp³-hybridized carbons (Fsp3) is 0.440. The Kier molecular flexibility index (Phi) is 7.62. The number of carbonyl (C=O) groups excluding carboxylic acids is 1. The molecule has 38 heavy (non-hydrogen) atoms. The smallest absolute Gasteiger partial charge is 0.268 e. The average molecular weight is 560 g/mol. The molecule has 3 aromatic rings. The van der Waals surface area contributed by atoms with E-state index < -0.39 is 15.9 Å². The zero-order valence-corrected chi connectivity index (χ0v) is 23.4. The van der Waals surface area contributed by atoms with E-state index in [-0.39, 0.29) is 35.3 Å². The Balaban J connectivity index is 0.00000336. The van der Waals surface area contributed by atoms with E-state index in [1.54, 1.807) is 29.1 Å². The highest BCUT2D eigenvalue weighted by molar-refractivity contribution is 7.90. The van der Waals surface area contributed by atoms with Crippen LogP contribution < -0.4 is 20.1 Å². The van der Waals surface area contributed by atoms with Crippen molar-refractivity contribution in [2.45, 2.75) is 50.5 Å². The number of aromatic nitrogens is 4. The number of nitrogens with zero attached hydrogens (tertiary/aromatic N) is 5. The topological polar surface area (TPSA) is 145 Å². The van der Waals surface area contributed by atoms with Gasteiger partial charge in [0.1, 0.15) is 16.5 Å². The Hall–Kier alpha value is -3.32. The quantitative estimate of drug-likeness (QED) is 0.425. The lowest BCUT2D eigenvalue weighted by molar-refractivity contribution is 0.0981. The van der Waals surface area contributed by atoms with Gasteiger partial charge in [-0.1, -0.05) is 6.92 Å². The number of ether oxygens (including phenoxy) is 1. The van der Waals surface area contributed by atoms with Gasteiger partial charge < -0.3 is 15.4 Å². The monoisotopic (exact) mass is 559 g/mol. The van der Waals surface area contributed by atoms with Gasteiger partial charge in [0, 0.05) is 30.5 Å². The number of nitrogens with one attached hydrogen (secondary N) is 1. The third-order valence-corrected chi connectivity index (χ3v) is 8.09. The number of hydrogen-bond acceptors (Lipinski definition) is 9. The number of hydrogen-bond donors (Lipinski definition) is 2. The molecule has 3 N–H and O–H groups in total. The van der Waals surface area contributed by atoms with Crippen LogP contribution >= 0.6 is 13.5 Å². The minimum absolute atomic E-state index is 0. The van der Waals surface area contributed by atoms with Crippen molar-refractivity contribution in [3.05, 3.63) is 48.3 Å². The highest BCUT2D eigenvalue weighted by Crippen LogP contribution is 2.38. The van der Waals surface area contributed by atoms with Crippen molar-refractivity contribution in [1.82, 2.24) is 24.5 Å². The van der Waals surface area contributed by atoms with E-state index in [1.807, 2.05) is 0 Å². The predicted molar refractivity (Wildman–Crippen MR) is 148 cm³/mol. The van der Waals surface area contributed by atoms with Gasteiger partial charge in [-0.2, -0.15) is 13.5 Å². The molecule has 11 nitrogen and oxygen atoms in total. The van der Waals surface area contributed by atoms with E-state index in [0.717, 1.165) is 6.42 Å². The molecule has 1 aliphatic carbocycles. The molecular weight excluding hydrogens is 526 g/mol. The summed E-state index contributed by atoms with van der Waals surface area (Å²) in [4.78, 5) is 23.8. The zero-order chi connectivity index (χ0) is 26.4. The van der Waals surface area contributed by atoms with E-state index in [4.69, 9.17) is 15.5 Å². The van der Waals surface area contributed by atoms with Crippen LogP contribution in [-0.2, 0) is 10.0 Å². The van der Waals surface area contributed by atoms with Crippen LogP contribution in [0, 0.1) is 11.8 Å². The first-order chi connectivity index (χ1) is 17.5. The van der Waals surface area contributed by atoms with E-state index in [2.05, 4.69) is 40.5 Å². The van der Waals surface area contributed by atoms with E-state index in [1.165, 1.54) is 31.2 Å². The summed E-state index contributed by atoms with van der Waals surface area (Å²) in [6.45, 7) is 7.61. The molecule has 13 heteroatoms. The molecule has 0 bridgehead atoms. The molecule has 0 spiro atoms. The lowest BCUT2D eigenvalue weighted by atomic mass is 9.97. The number of carbonyl (C=O) groups is 1. The molecule has 204 valence electrons. The predicted octanol–water partition coefficient (Wildman–Crippen LogP) is 2.89. The Labute approximate surface area is 229 Å². The van der Waals surface area contributed by atoms with Crippen LogP contribution in [0.15, 0.2) is 47.6 Å². The maximum absolute atomic E-state index is 13.4. The van der Waals surface area contributed by atoms with Gasteiger partial charge in [-0.05, 0) is 69.2 Å². The highest BCUT2D eigenvalue weighted by atomic mass is 32.2. The molecule has 0 radical (unpaired) electrons. The molecule has 4 heterocycles. The van der Waals surface area contributed by atoms with Gasteiger partial charge in [0.25, 0.3) is 15.9 Å². The number of pyridine rings is 2. The molecule has 1 atom stereocenters. The van der Waals surface area contributed by atoms with Crippen molar-refractivity contribution in [2.24, 2.45) is 11.8 Å². The minimum Gasteiger partial charge on any atom is -0.476 e. The molecule has 1 saturated heterocycles. The third-order valence-electron chi connectivity index (χ3n) is 6.71. The fourth-order valence-corrected chi connectivity index (χ4v) is 5.82. The SMILES string of the molecule is C[C@@H]1CN(c2nc(-n3ccc(OCC4CC4)n3)ccc2C(=O)NS(=O)(=O)c2cccnc2N)C(C)(C)C1.S. The van der Waals surface area contributed by atoms with E-state index in [0.29, 0.717) is 42.5 Å². The second-order valence-electron chi connectivity index (χ2n) is 10.4. The lowest BCUT2D eigenvalue weighted by Gasteiger charge is -2.34. The van der Waals surface area contributed by atoms with Gasteiger partial charge in [-0.25, -0.2) is 27.8 Å². The first-order valence-electron chi connectivity index (χ1n) is 12.3. The van der Waals surface area contributed by atoms with Crippen LogP contribution in [0.25, 0.3) is 5.82 Å². The van der Waals surface area contributed by atoms with Crippen molar-refractivity contribution >= 4 is 41.1 Å². The van der Waals surface area contributed by atoms with Crippen LogP contribution in [-0.4, -0.2) is 52.8 Å². The van der Waals surface area contributed by atoms with Crippen LogP contribution in [0.4, 0.5) is 11.6 Å². The molecular formula is C25H33N7O4S2. The van der Waals surface area contributed by atoms with Crippen LogP contribution in [0.5, 0.6) is 5.88 Å². The Morgan fingerprint density at radius 2 is 2.00 bits per heavy atom. The largest absolute Gasteiger partial charge is 0.476 e. The fourth-order valence-electron chi connectivity index (χ4n) is 4.77. The van der Waals surface area contributed by atoms with Gasteiger partial charge in [0.2, 0.25) is 5.88 Å². The van der Waals surface area contributed by atoms with Crippen molar-refractivity contribution in [3.8, 4) is 11.7 Å². The molecule has 0 unspecified atom stereocenters. The summed E-state index contributed by atoms with van der Waals surface area (Å²) in [5, 5.41) is 4.48. The van der Waals surface area contributed by atoms with Crippen molar-refractivity contribution < 1.29 is 17.9 Å². The molecule has 1 saturated carbocycles. The van der Waals surface area contributed by atoms with Gasteiger partial charge in [-0.3, -0.25) is 4.79 Å². The average Bonchev–Trinajstić information content (AvgIpc) is 3.47. The first kappa shape index (κ1) is 27.7. The summed E-state index contributed by atoms with van der Waals surface area (Å²) in [7, 11) is -4.25. The molecule has 2 aliphatic rings. The minimum atomic E-state index is -4.25. The maximum Gasteiger partial charge on any atom is 0.268 e. The van der Waals surface area contributed by atoms with Gasteiger partial charge >= 0.3 is 0 Å². The van der Waals surface area contributed by atoms with Crippen molar-refractivity contribution in [3.63, 3.8) is 0 Å².